The third kappa shape index (κ3) is 4.05. The molecule has 3 rings (SSSR count). The topological polar surface area (TPSA) is 95.4 Å². The van der Waals surface area contributed by atoms with Crippen molar-refractivity contribution in [2.45, 2.75) is 32.0 Å². The van der Waals surface area contributed by atoms with Gasteiger partial charge in [-0.2, -0.15) is 0 Å². The maximum Gasteiger partial charge on any atom is 0.488 e. The Morgan fingerprint density at radius 2 is 2.08 bits per heavy atom. The quantitative estimate of drug-likeness (QED) is 0.701. The van der Waals surface area contributed by atoms with Crippen LogP contribution in [0.2, 0.25) is 0 Å². The maximum absolute atomic E-state index is 12.1. The van der Waals surface area contributed by atoms with E-state index in [0.717, 1.165) is 0 Å². The van der Waals surface area contributed by atoms with Crippen molar-refractivity contribution in [3.63, 3.8) is 0 Å². The minimum atomic E-state index is -1.52. The van der Waals surface area contributed by atoms with E-state index in [-0.39, 0.29) is 6.09 Å². The fourth-order valence-corrected chi connectivity index (χ4v) is 3.10. The Morgan fingerprint density at radius 1 is 1.36 bits per heavy atom. The van der Waals surface area contributed by atoms with Crippen LogP contribution in [0.4, 0.5) is 10.6 Å². The molecule has 2 fully saturated rings. The van der Waals surface area contributed by atoms with E-state index in [0.29, 0.717) is 44.1 Å². The molecule has 25 heavy (non-hydrogen) atoms. The zero-order valence-corrected chi connectivity index (χ0v) is 14.8. The van der Waals surface area contributed by atoms with Crippen LogP contribution in [0.25, 0.3) is 0 Å². The molecule has 9 heteroatoms. The van der Waals surface area contributed by atoms with E-state index in [1.807, 2.05) is 25.7 Å². The number of nitrogens with zero attached hydrogens (tertiary/aromatic N) is 3. The van der Waals surface area contributed by atoms with E-state index < -0.39 is 18.3 Å². The van der Waals surface area contributed by atoms with E-state index >= 15 is 0 Å². The van der Waals surface area contributed by atoms with Gasteiger partial charge in [0.25, 0.3) is 0 Å². The van der Waals surface area contributed by atoms with Crippen LogP contribution in [0.5, 0.6) is 0 Å². The summed E-state index contributed by atoms with van der Waals surface area (Å²) >= 11 is 0. The van der Waals surface area contributed by atoms with Crippen LogP contribution in [0.3, 0.4) is 0 Å². The second-order valence-electron chi connectivity index (χ2n) is 7.61. The lowest BCUT2D eigenvalue weighted by atomic mass is 9.81. The number of morpholine rings is 1. The summed E-state index contributed by atoms with van der Waals surface area (Å²) in [7, 11) is -1.52. The van der Waals surface area contributed by atoms with Gasteiger partial charge in [0.05, 0.1) is 26.2 Å². The molecule has 0 bridgehead atoms. The van der Waals surface area contributed by atoms with Crippen molar-refractivity contribution in [1.29, 1.82) is 0 Å². The van der Waals surface area contributed by atoms with Gasteiger partial charge in [-0.25, -0.2) is 9.78 Å². The number of hydrogen-bond acceptors (Lipinski definition) is 7. The normalized spacial score (nSPS) is 19.6. The first kappa shape index (κ1) is 18.0. The molecule has 1 aromatic rings. The predicted molar refractivity (Wildman–Crippen MR) is 92.8 cm³/mol. The third-order valence-electron chi connectivity index (χ3n) is 4.25. The zero-order chi connectivity index (χ0) is 18.2. The molecule has 1 aromatic heterocycles. The second kappa shape index (κ2) is 6.47. The Hall–Kier alpha value is -1.84. The molecule has 2 aliphatic heterocycles. The molecule has 0 radical (unpaired) electrons. The average molecular weight is 349 g/mol. The second-order valence-corrected chi connectivity index (χ2v) is 7.61. The van der Waals surface area contributed by atoms with Crippen molar-refractivity contribution in [1.82, 2.24) is 9.88 Å². The first-order chi connectivity index (χ1) is 11.7. The van der Waals surface area contributed by atoms with Gasteiger partial charge in [-0.05, 0) is 38.4 Å². The number of anilines is 1. The SMILES string of the molecule is CC(C)(C)OC(=O)N1CC2(C1)CN(c1cc(B(O)O)ccn1)CCO2. The zero-order valence-electron chi connectivity index (χ0n) is 14.8. The molecular formula is C16H24BN3O5. The number of pyridine rings is 1. The number of likely N-dealkylation sites (tertiary alicyclic amines) is 1. The number of ether oxygens (including phenoxy) is 2. The number of carbonyl (C=O) groups is 1. The Morgan fingerprint density at radius 3 is 2.72 bits per heavy atom. The Labute approximate surface area is 147 Å². The van der Waals surface area contributed by atoms with Crippen LogP contribution in [0.1, 0.15) is 20.8 Å². The maximum atomic E-state index is 12.1. The predicted octanol–water partition coefficient (Wildman–Crippen LogP) is -0.413. The summed E-state index contributed by atoms with van der Waals surface area (Å²) in [6.07, 6.45) is 1.22. The Bertz CT molecular complexity index is 643. The van der Waals surface area contributed by atoms with Crippen molar-refractivity contribution < 1.29 is 24.3 Å². The molecule has 0 atom stereocenters. The largest absolute Gasteiger partial charge is 0.488 e. The summed E-state index contributed by atoms with van der Waals surface area (Å²) in [4.78, 5) is 20.1. The summed E-state index contributed by atoms with van der Waals surface area (Å²) in [6, 6.07) is 3.23. The molecule has 1 spiro atoms. The van der Waals surface area contributed by atoms with E-state index in [2.05, 4.69) is 4.98 Å². The molecule has 0 unspecified atom stereocenters. The molecular weight excluding hydrogens is 325 g/mol. The van der Waals surface area contributed by atoms with Gasteiger partial charge < -0.3 is 29.3 Å². The molecule has 2 saturated heterocycles. The van der Waals surface area contributed by atoms with Gasteiger partial charge in [-0.3, -0.25) is 0 Å². The number of aromatic nitrogens is 1. The van der Waals surface area contributed by atoms with Crippen LogP contribution in [0.15, 0.2) is 18.3 Å². The molecule has 0 saturated carbocycles. The molecule has 0 aromatic carbocycles. The van der Waals surface area contributed by atoms with Crippen LogP contribution in [-0.4, -0.2) is 77.1 Å². The standard InChI is InChI=1S/C16H24BN3O5/c1-15(2,3)25-14(21)20-10-16(11-20)9-19(6-7-24-16)13-8-12(17(22)23)4-5-18-13/h4-5,8,22-23H,6-7,9-11H2,1-3H3. The van der Waals surface area contributed by atoms with Gasteiger partial charge >= 0.3 is 13.2 Å². The smallest absolute Gasteiger partial charge is 0.444 e. The van der Waals surface area contributed by atoms with Gasteiger partial charge in [0.2, 0.25) is 0 Å². The minimum absolute atomic E-state index is 0.331. The lowest BCUT2D eigenvalue weighted by Gasteiger charge is -2.53. The lowest BCUT2D eigenvalue weighted by Crippen LogP contribution is -2.71. The fraction of sp³-hybridized carbons (Fsp3) is 0.625. The monoisotopic (exact) mass is 349 g/mol. The molecule has 136 valence electrons. The van der Waals surface area contributed by atoms with Gasteiger partial charge in [0, 0.05) is 12.7 Å². The highest BCUT2D eigenvalue weighted by Crippen LogP contribution is 2.31. The molecule has 0 aliphatic carbocycles. The van der Waals surface area contributed by atoms with E-state index in [1.54, 1.807) is 23.2 Å². The van der Waals surface area contributed by atoms with Gasteiger partial charge in [0.1, 0.15) is 17.0 Å². The number of rotatable bonds is 2. The minimum Gasteiger partial charge on any atom is -0.444 e. The summed E-state index contributed by atoms with van der Waals surface area (Å²) in [5.41, 5.74) is -0.547. The third-order valence-corrected chi connectivity index (χ3v) is 4.25. The average Bonchev–Trinajstić information content (AvgIpc) is 2.51. The highest BCUT2D eigenvalue weighted by Gasteiger charge is 2.50. The van der Waals surface area contributed by atoms with Crippen molar-refractivity contribution in [2.24, 2.45) is 0 Å². The number of amides is 1. The molecule has 8 nitrogen and oxygen atoms in total. The van der Waals surface area contributed by atoms with Crippen molar-refractivity contribution in [3.8, 4) is 0 Å². The summed E-state index contributed by atoms with van der Waals surface area (Å²) in [5.74, 6) is 0.670. The Balaban J connectivity index is 1.63. The lowest BCUT2D eigenvalue weighted by molar-refractivity contribution is -0.144. The van der Waals surface area contributed by atoms with Crippen molar-refractivity contribution >= 4 is 24.5 Å². The highest BCUT2D eigenvalue weighted by atomic mass is 16.6. The summed E-state index contributed by atoms with van der Waals surface area (Å²) in [6.45, 7) is 8.24. The van der Waals surface area contributed by atoms with Crippen LogP contribution < -0.4 is 10.4 Å². The van der Waals surface area contributed by atoms with E-state index in [9.17, 15) is 14.8 Å². The molecule has 3 heterocycles. The Kier molecular flexibility index (Phi) is 4.65. The molecule has 2 N–H and O–H groups in total. The first-order valence-corrected chi connectivity index (χ1v) is 8.36. The summed E-state index contributed by atoms with van der Waals surface area (Å²) < 4.78 is 11.3. The number of hydrogen-bond donors (Lipinski definition) is 2. The van der Waals surface area contributed by atoms with Crippen molar-refractivity contribution in [2.75, 3.05) is 37.7 Å². The van der Waals surface area contributed by atoms with Crippen molar-refractivity contribution in [3.05, 3.63) is 18.3 Å². The summed E-state index contributed by atoms with van der Waals surface area (Å²) in [5, 5.41) is 18.6. The molecule has 1 amide bonds. The van der Waals surface area contributed by atoms with Gasteiger partial charge in [0.15, 0.2) is 0 Å². The van der Waals surface area contributed by atoms with Crippen LogP contribution in [0, 0.1) is 0 Å². The highest BCUT2D eigenvalue weighted by molar-refractivity contribution is 6.58. The number of carbonyl (C=O) groups excluding carboxylic acids is 1. The van der Waals surface area contributed by atoms with E-state index in [1.165, 1.54) is 0 Å². The van der Waals surface area contributed by atoms with Crippen LogP contribution >= 0.6 is 0 Å². The molecule has 2 aliphatic rings. The van der Waals surface area contributed by atoms with Gasteiger partial charge in [-0.1, -0.05) is 0 Å². The van der Waals surface area contributed by atoms with Crippen LogP contribution in [-0.2, 0) is 9.47 Å². The fourth-order valence-electron chi connectivity index (χ4n) is 3.10. The van der Waals surface area contributed by atoms with Gasteiger partial charge in [-0.15, -0.1) is 0 Å². The first-order valence-electron chi connectivity index (χ1n) is 8.36. The van der Waals surface area contributed by atoms with E-state index in [4.69, 9.17) is 9.47 Å².